The lowest BCUT2D eigenvalue weighted by Crippen LogP contribution is -2.33. The van der Waals surface area contributed by atoms with Gasteiger partial charge in [-0.2, -0.15) is 0 Å². The number of anilines is 1. The Hall–Kier alpha value is -2.54. The fraction of sp³-hybridized carbons (Fsp3) is 0.294. The normalized spacial score (nSPS) is 13.6. The second-order valence-electron chi connectivity index (χ2n) is 6.12. The summed E-state index contributed by atoms with van der Waals surface area (Å²) in [6, 6.07) is 4.57. The van der Waals surface area contributed by atoms with Crippen LogP contribution in [0.3, 0.4) is 0 Å². The van der Waals surface area contributed by atoms with Gasteiger partial charge in [-0.3, -0.25) is 24.6 Å². The summed E-state index contributed by atoms with van der Waals surface area (Å²) in [6.45, 7) is 6.10. The molecule has 3 amide bonds. The van der Waals surface area contributed by atoms with Gasteiger partial charge in [-0.1, -0.05) is 13.8 Å². The molecule has 0 saturated carbocycles. The van der Waals surface area contributed by atoms with Crippen LogP contribution in [0, 0.1) is 12.8 Å². The summed E-state index contributed by atoms with van der Waals surface area (Å²) >= 11 is 1.33. The standard InChI is InChI=1S/C17H17N3O3S/c1-9(2)7-20-15(22)12-5-4-11(6-13(12)16(20)23)14(21)19-17-18-10(3)8-24-17/h4-6,8-9H,7H2,1-3H3,(H,18,19,21). The molecular weight excluding hydrogens is 326 g/mol. The molecule has 1 aromatic heterocycles. The number of thiazole rings is 1. The zero-order chi connectivity index (χ0) is 17.4. The van der Waals surface area contributed by atoms with Crippen LogP contribution < -0.4 is 5.32 Å². The molecule has 1 N–H and O–H groups in total. The quantitative estimate of drug-likeness (QED) is 0.866. The maximum absolute atomic E-state index is 12.4. The van der Waals surface area contributed by atoms with Gasteiger partial charge in [0.1, 0.15) is 0 Å². The molecule has 1 aliphatic heterocycles. The number of aryl methyl sites for hydroxylation is 1. The summed E-state index contributed by atoms with van der Waals surface area (Å²) in [6.07, 6.45) is 0. The zero-order valence-electron chi connectivity index (χ0n) is 13.6. The van der Waals surface area contributed by atoms with Crippen LogP contribution in [0.25, 0.3) is 0 Å². The zero-order valence-corrected chi connectivity index (χ0v) is 14.4. The van der Waals surface area contributed by atoms with Crippen LogP contribution >= 0.6 is 11.3 Å². The predicted octanol–water partition coefficient (Wildman–Crippen LogP) is 2.96. The molecule has 1 aliphatic rings. The van der Waals surface area contributed by atoms with Crippen LogP contribution in [0.2, 0.25) is 0 Å². The minimum absolute atomic E-state index is 0.183. The van der Waals surface area contributed by atoms with Gasteiger partial charge in [-0.15, -0.1) is 11.3 Å². The SMILES string of the molecule is Cc1csc(NC(=O)c2ccc3c(c2)C(=O)N(CC(C)C)C3=O)n1. The molecule has 124 valence electrons. The number of carbonyl (C=O) groups excluding carboxylic acids is 3. The van der Waals surface area contributed by atoms with Crippen molar-refractivity contribution >= 4 is 34.2 Å². The molecule has 0 radical (unpaired) electrons. The van der Waals surface area contributed by atoms with Crippen molar-refractivity contribution in [1.82, 2.24) is 9.88 Å². The maximum atomic E-state index is 12.4. The Morgan fingerprint density at radius 2 is 1.96 bits per heavy atom. The number of fused-ring (bicyclic) bond motifs is 1. The average molecular weight is 343 g/mol. The minimum atomic E-state index is -0.352. The average Bonchev–Trinajstić information content (AvgIpc) is 3.04. The number of benzene rings is 1. The lowest BCUT2D eigenvalue weighted by Gasteiger charge is -2.15. The highest BCUT2D eigenvalue weighted by Crippen LogP contribution is 2.25. The molecule has 7 heteroatoms. The van der Waals surface area contributed by atoms with Crippen molar-refractivity contribution in [3.63, 3.8) is 0 Å². The molecule has 1 aromatic carbocycles. The number of rotatable bonds is 4. The van der Waals surface area contributed by atoms with Crippen LogP contribution in [0.5, 0.6) is 0 Å². The number of hydrogen-bond donors (Lipinski definition) is 1. The fourth-order valence-corrected chi connectivity index (χ4v) is 3.23. The minimum Gasteiger partial charge on any atom is -0.298 e. The lowest BCUT2D eigenvalue weighted by atomic mass is 10.1. The van der Waals surface area contributed by atoms with E-state index in [4.69, 9.17) is 0 Å². The van der Waals surface area contributed by atoms with E-state index in [9.17, 15) is 14.4 Å². The molecule has 3 rings (SSSR count). The highest BCUT2D eigenvalue weighted by Gasteiger charge is 2.36. The van der Waals surface area contributed by atoms with Crippen LogP contribution in [0.15, 0.2) is 23.6 Å². The third-order valence-corrected chi connectivity index (χ3v) is 4.50. The lowest BCUT2D eigenvalue weighted by molar-refractivity contribution is 0.0636. The first-order valence-electron chi connectivity index (χ1n) is 7.60. The predicted molar refractivity (Wildman–Crippen MR) is 91.5 cm³/mol. The highest BCUT2D eigenvalue weighted by atomic mass is 32.1. The van der Waals surface area contributed by atoms with E-state index in [0.29, 0.717) is 22.8 Å². The summed E-state index contributed by atoms with van der Waals surface area (Å²) in [5.41, 5.74) is 1.79. The Balaban J connectivity index is 1.85. The first-order chi connectivity index (χ1) is 11.4. The molecule has 2 heterocycles. The number of hydrogen-bond acceptors (Lipinski definition) is 5. The Morgan fingerprint density at radius 3 is 2.58 bits per heavy atom. The molecule has 0 unspecified atom stereocenters. The van der Waals surface area contributed by atoms with Crippen LogP contribution in [0.4, 0.5) is 5.13 Å². The Labute approximate surface area is 143 Å². The number of nitrogens with zero attached hydrogens (tertiary/aromatic N) is 2. The second kappa shape index (κ2) is 6.16. The second-order valence-corrected chi connectivity index (χ2v) is 6.98. The van der Waals surface area contributed by atoms with Gasteiger partial charge in [0.2, 0.25) is 0 Å². The summed E-state index contributed by atoms with van der Waals surface area (Å²) < 4.78 is 0. The van der Waals surface area contributed by atoms with Crippen molar-refractivity contribution < 1.29 is 14.4 Å². The Kier molecular flexibility index (Phi) is 4.19. The molecule has 2 aromatic rings. The van der Waals surface area contributed by atoms with Crippen molar-refractivity contribution in [3.8, 4) is 0 Å². The van der Waals surface area contributed by atoms with Crippen molar-refractivity contribution in [2.75, 3.05) is 11.9 Å². The van der Waals surface area contributed by atoms with Gasteiger partial charge in [0.05, 0.1) is 16.8 Å². The molecule has 0 spiro atoms. The van der Waals surface area contributed by atoms with E-state index >= 15 is 0 Å². The number of carbonyl (C=O) groups is 3. The van der Waals surface area contributed by atoms with Crippen LogP contribution in [-0.2, 0) is 0 Å². The van der Waals surface area contributed by atoms with E-state index < -0.39 is 0 Å². The first kappa shape index (κ1) is 16.3. The van der Waals surface area contributed by atoms with Gasteiger partial charge in [0, 0.05) is 17.5 Å². The maximum Gasteiger partial charge on any atom is 0.261 e. The van der Waals surface area contributed by atoms with Gasteiger partial charge in [0.25, 0.3) is 17.7 Å². The van der Waals surface area contributed by atoms with E-state index in [1.54, 1.807) is 6.07 Å². The van der Waals surface area contributed by atoms with E-state index in [0.717, 1.165) is 5.69 Å². The number of amides is 3. The van der Waals surface area contributed by atoms with Crippen molar-refractivity contribution in [2.45, 2.75) is 20.8 Å². The Morgan fingerprint density at radius 1 is 1.25 bits per heavy atom. The number of aromatic nitrogens is 1. The largest absolute Gasteiger partial charge is 0.298 e. The molecule has 0 fully saturated rings. The van der Waals surface area contributed by atoms with Gasteiger partial charge >= 0.3 is 0 Å². The molecule has 0 aliphatic carbocycles. The van der Waals surface area contributed by atoms with E-state index in [1.807, 2.05) is 26.2 Å². The molecule has 24 heavy (non-hydrogen) atoms. The van der Waals surface area contributed by atoms with Crippen molar-refractivity contribution in [1.29, 1.82) is 0 Å². The smallest absolute Gasteiger partial charge is 0.261 e. The summed E-state index contributed by atoms with van der Waals surface area (Å²) in [7, 11) is 0. The summed E-state index contributed by atoms with van der Waals surface area (Å²) in [5.74, 6) is -0.813. The van der Waals surface area contributed by atoms with Gasteiger partial charge in [-0.05, 0) is 31.0 Å². The first-order valence-corrected chi connectivity index (χ1v) is 8.48. The van der Waals surface area contributed by atoms with Crippen molar-refractivity contribution in [3.05, 3.63) is 46.0 Å². The molecule has 0 atom stereocenters. The highest BCUT2D eigenvalue weighted by molar-refractivity contribution is 7.13. The van der Waals surface area contributed by atoms with Gasteiger partial charge in [0.15, 0.2) is 5.13 Å². The van der Waals surface area contributed by atoms with Crippen molar-refractivity contribution in [2.24, 2.45) is 5.92 Å². The van der Waals surface area contributed by atoms with Gasteiger partial charge in [-0.25, -0.2) is 4.98 Å². The van der Waals surface area contributed by atoms with E-state index in [2.05, 4.69) is 10.3 Å². The Bertz CT molecular complexity index is 841. The third-order valence-electron chi connectivity index (χ3n) is 3.62. The summed E-state index contributed by atoms with van der Waals surface area (Å²) in [4.78, 5) is 42.5. The number of imide groups is 1. The molecule has 0 saturated heterocycles. The van der Waals surface area contributed by atoms with Crippen LogP contribution in [0.1, 0.15) is 50.6 Å². The van der Waals surface area contributed by atoms with E-state index in [1.165, 1.54) is 28.4 Å². The third kappa shape index (κ3) is 2.94. The fourth-order valence-electron chi connectivity index (χ4n) is 2.54. The topological polar surface area (TPSA) is 79.4 Å². The van der Waals surface area contributed by atoms with E-state index in [-0.39, 0.29) is 29.2 Å². The number of nitrogens with one attached hydrogen (secondary N) is 1. The van der Waals surface area contributed by atoms with Gasteiger partial charge < -0.3 is 0 Å². The molecule has 6 nitrogen and oxygen atoms in total. The molecule has 0 bridgehead atoms. The van der Waals surface area contributed by atoms with Crippen LogP contribution in [-0.4, -0.2) is 34.2 Å². The monoisotopic (exact) mass is 343 g/mol. The molecular formula is C17H17N3O3S. The summed E-state index contributed by atoms with van der Waals surface area (Å²) in [5, 5.41) is 5.04.